The van der Waals surface area contributed by atoms with Crippen LogP contribution in [0, 0.1) is 17.4 Å². The van der Waals surface area contributed by atoms with Gasteiger partial charge in [0.15, 0.2) is 6.19 Å². The van der Waals surface area contributed by atoms with Crippen molar-refractivity contribution in [2.24, 2.45) is 5.92 Å². The van der Waals surface area contributed by atoms with Gasteiger partial charge >= 0.3 is 6.09 Å². The minimum atomic E-state index is -0.487. The molecule has 1 aromatic rings. The lowest BCUT2D eigenvalue weighted by Crippen LogP contribution is -2.40. The number of nitrogens with zero attached hydrogens (tertiary/aromatic N) is 2. The van der Waals surface area contributed by atoms with Gasteiger partial charge in [0.05, 0.1) is 0 Å². The first-order chi connectivity index (χ1) is 11.5. The van der Waals surface area contributed by atoms with Gasteiger partial charge in [0, 0.05) is 29.6 Å². The van der Waals surface area contributed by atoms with E-state index in [2.05, 4.69) is 5.32 Å². The van der Waals surface area contributed by atoms with Crippen molar-refractivity contribution in [3.8, 4) is 6.19 Å². The molecule has 7 heteroatoms. The number of ether oxygens (including phenoxy) is 1. The van der Waals surface area contributed by atoms with E-state index in [4.69, 9.17) is 21.6 Å². The predicted molar refractivity (Wildman–Crippen MR) is 88.9 cm³/mol. The summed E-state index contributed by atoms with van der Waals surface area (Å²) in [6.07, 6.45) is 4.03. The van der Waals surface area contributed by atoms with Crippen LogP contribution in [0.5, 0.6) is 0 Å². The molecule has 1 saturated carbocycles. The molecule has 1 aromatic carbocycles. The van der Waals surface area contributed by atoms with Crippen LogP contribution in [0.15, 0.2) is 24.3 Å². The highest BCUT2D eigenvalue weighted by molar-refractivity contribution is 6.31. The van der Waals surface area contributed by atoms with Crippen molar-refractivity contribution in [3.63, 3.8) is 0 Å². The standard InChI is InChI=1S/C17H20ClN3O3/c1-21(11-19)16(22)12-6-8-14(9-7-12)20-17(23)24-10-13-4-2-3-5-15(13)18/h2-5,12,14H,6-10H2,1H3,(H,20,23). The summed E-state index contributed by atoms with van der Waals surface area (Å²) < 4.78 is 5.19. The van der Waals surface area contributed by atoms with Gasteiger partial charge in [-0.05, 0) is 31.7 Å². The molecule has 1 fully saturated rings. The first-order valence-electron chi connectivity index (χ1n) is 7.85. The summed E-state index contributed by atoms with van der Waals surface area (Å²) in [6, 6.07) is 7.18. The number of nitriles is 1. The largest absolute Gasteiger partial charge is 0.445 e. The fourth-order valence-corrected chi connectivity index (χ4v) is 2.97. The van der Waals surface area contributed by atoms with Crippen LogP contribution in [0.1, 0.15) is 31.2 Å². The summed E-state index contributed by atoms with van der Waals surface area (Å²) in [7, 11) is 1.47. The van der Waals surface area contributed by atoms with E-state index in [-0.39, 0.29) is 24.5 Å². The predicted octanol–water partition coefficient (Wildman–Crippen LogP) is 3.06. The lowest BCUT2D eigenvalue weighted by Gasteiger charge is -2.28. The van der Waals surface area contributed by atoms with Crippen LogP contribution in [-0.2, 0) is 16.1 Å². The van der Waals surface area contributed by atoms with Gasteiger partial charge in [-0.1, -0.05) is 29.8 Å². The van der Waals surface area contributed by atoms with Crippen LogP contribution in [-0.4, -0.2) is 30.0 Å². The summed E-state index contributed by atoms with van der Waals surface area (Å²) in [6.45, 7) is 0.117. The summed E-state index contributed by atoms with van der Waals surface area (Å²) >= 11 is 6.01. The van der Waals surface area contributed by atoms with Crippen molar-refractivity contribution < 1.29 is 14.3 Å². The maximum atomic E-state index is 11.9. The van der Waals surface area contributed by atoms with Crippen LogP contribution >= 0.6 is 11.6 Å². The molecule has 0 aliphatic heterocycles. The highest BCUT2D eigenvalue weighted by Gasteiger charge is 2.29. The van der Waals surface area contributed by atoms with Gasteiger partial charge in [-0.3, -0.25) is 9.69 Å². The van der Waals surface area contributed by atoms with Gasteiger partial charge in [0.1, 0.15) is 6.61 Å². The Morgan fingerprint density at radius 2 is 2.00 bits per heavy atom. The Kier molecular flexibility index (Phi) is 6.44. The number of halogens is 1. The van der Waals surface area contributed by atoms with E-state index < -0.39 is 6.09 Å². The number of nitrogens with one attached hydrogen (secondary N) is 1. The molecule has 2 rings (SSSR count). The average molecular weight is 350 g/mol. The van der Waals surface area contributed by atoms with Gasteiger partial charge in [-0.2, -0.15) is 5.26 Å². The second kappa shape index (κ2) is 8.55. The smallest absolute Gasteiger partial charge is 0.407 e. The monoisotopic (exact) mass is 349 g/mol. The van der Waals surface area contributed by atoms with E-state index in [0.29, 0.717) is 30.7 Å². The number of hydrogen-bond donors (Lipinski definition) is 1. The van der Waals surface area contributed by atoms with Crippen LogP contribution in [0.2, 0.25) is 5.02 Å². The zero-order valence-corrected chi connectivity index (χ0v) is 14.3. The third-order valence-electron chi connectivity index (χ3n) is 4.20. The van der Waals surface area contributed by atoms with Gasteiger partial charge in [0.25, 0.3) is 0 Å². The Morgan fingerprint density at radius 1 is 1.33 bits per heavy atom. The molecular weight excluding hydrogens is 330 g/mol. The minimum absolute atomic E-state index is 0.0137. The summed E-state index contributed by atoms with van der Waals surface area (Å²) in [4.78, 5) is 24.9. The van der Waals surface area contributed by atoms with Gasteiger partial charge in [-0.15, -0.1) is 0 Å². The number of carbonyl (C=O) groups is 2. The van der Waals surface area contributed by atoms with Crippen molar-refractivity contribution in [2.75, 3.05) is 7.05 Å². The van der Waals surface area contributed by atoms with Crippen LogP contribution in [0.3, 0.4) is 0 Å². The highest BCUT2D eigenvalue weighted by atomic mass is 35.5. The summed E-state index contributed by atoms with van der Waals surface area (Å²) in [5.41, 5.74) is 0.753. The first kappa shape index (κ1) is 18.1. The normalized spacial score (nSPS) is 19.9. The molecule has 0 aromatic heterocycles. The molecule has 0 spiro atoms. The number of amides is 2. The average Bonchev–Trinajstić information content (AvgIpc) is 2.60. The number of rotatable bonds is 4. The third-order valence-corrected chi connectivity index (χ3v) is 4.56. The molecule has 1 N–H and O–H groups in total. The maximum Gasteiger partial charge on any atom is 0.407 e. The van der Waals surface area contributed by atoms with Crippen LogP contribution in [0.25, 0.3) is 0 Å². The lowest BCUT2D eigenvalue weighted by molar-refractivity contribution is -0.132. The molecule has 0 heterocycles. The molecule has 2 amide bonds. The number of benzene rings is 1. The van der Waals surface area contributed by atoms with Crippen molar-refractivity contribution in [1.29, 1.82) is 5.26 Å². The van der Waals surface area contributed by atoms with E-state index in [0.717, 1.165) is 10.5 Å². The fourth-order valence-electron chi connectivity index (χ4n) is 2.77. The molecule has 0 atom stereocenters. The second-order valence-electron chi connectivity index (χ2n) is 5.86. The van der Waals surface area contributed by atoms with Crippen molar-refractivity contribution in [2.45, 2.75) is 38.3 Å². The van der Waals surface area contributed by atoms with Crippen molar-refractivity contribution >= 4 is 23.6 Å². The summed E-state index contributed by atoms with van der Waals surface area (Å²) in [5, 5.41) is 12.1. The van der Waals surface area contributed by atoms with Gasteiger partial charge < -0.3 is 10.1 Å². The second-order valence-corrected chi connectivity index (χ2v) is 6.26. The Bertz CT molecular complexity index is 636. The maximum absolute atomic E-state index is 11.9. The quantitative estimate of drug-likeness (QED) is 0.669. The molecular formula is C17H20ClN3O3. The molecule has 6 nitrogen and oxygen atoms in total. The van der Waals surface area contributed by atoms with Crippen LogP contribution in [0.4, 0.5) is 4.79 Å². The lowest BCUT2D eigenvalue weighted by atomic mass is 9.85. The molecule has 0 radical (unpaired) electrons. The highest BCUT2D eigenvalue weighted by Crippen LogP contribution is 2.26. The minimum Gasteiger partial charge on any atom is -0.445 e. The van der Waals surface area contributed by atoms with E-state index in [9.17, 15) is 9.59 Å². The van der Waals surface area contributed by atoms with Crippen molar-refractivity contribution in [3.05, 3.63) is 34.9 Å². The molecule has 1 aliphatic rings. The Labute approximate surface area is 146 Å². The van der Waals surface area contributed by atoms with E-state index in [1.807, 2.05) is 18.3 Å². The Balaban J connectivity index is 1.74. The summed E-state index contributed by atoms with van der Waals surface area (Å²) in [5.74, 6) is -0.302. The first-order valence-corrected chi connectivity index (χ1v) is 8.23. The molecule has 1 aliphatic carbocycles. The fraction of sp³-hybridized carbons (Fsp3) is 0.471. The number of hydrogen-bond acceptors (Lipinski definition) is 4. The molecule has 128 valence electrons. The van der Waals surface area contributed by atoms with Gasteiger partial charge in [-0.25, -0.2) is 4.79 Å². The van der Waals surface area contributed by atoms with E-state index in [1.165, 1.54) is 7.05 Å². The third kappa shape index (κ3) is 4.87. The van der Waals surface area contributed by atoms with Crippen LogP contribution < -0.4 is 5.32 Å². The Morgan fingerprint density at radius 3 is 2.62 bits per heavy atom. The SMILES string of the molecule is CN(C#N)C(=O)C1CCC(NC(=O)OCc2ccccc2Cl)CC1. The Hall–Kier alpha value is -2.26. The van der Waals surface area contributed by atoms with E-state index >= 15 is 0 Å². The number of alkyl carbamates (subject to hydrolysis) is 1. The topological polar surface area (TPSA) is 82.4 Å². The molecule has 0 saturated heterocycles. The molecule has 0 unspecified atom stereocenters. The number of carbonyl (C=O) groups excluding carboxylic acids is 2. The zero-order valence-electron chi connectivity index (χ0n) is 13.5. The molecule has 24 heavy (non-hydrogen) atoms. The molecule has 0 bridgehead atoms. The van der Waals surface area contributed by atoms with Crippen molar-refractivity contribution in [1.82, 2.24) is 10.2 Å². The zero-order chi connectivity index (χ0) is 17.5. The van der Waals surface area contributed by atoms with E-state index in [1.54, 1.807) is 12.1 Å². The van der Waals surface area contributed by atoms with Gasteiger partial charge in [0.2, 0.25) is 5.91 Å².